The number of hydrogen-bond acceptors (Lipinski definition) is 6. The Bertz CT molecular complexity index is 569. The molecule has 1 rings (SSSR count). The normalized spacial score (nSPS) is 10.1. The quantitative estimate of drug-likeness (QED) is 0.466. The maximum atomic E-state index is 12.6. The number of nitriles is 1. The molecule has 0 atom stereocenters. The molecule has 0 radical (unpaired) electrons. The fourth-order valence-electron chi connectivity index (χ4n) is 1.37. The van der Waals surface area contributed by atoms with Gasteiger partial charge in [0, 0.05) is 6.20 Å². The third kappa shape index (κ3) is 2.98. The SMILES string of the molecule is COC(=O)Cc1ncc(C(F)F)c([N+](=O)[O-])c1C#N. The third-order valence-electron chi connectivity index (χ3n) is 2.23. The van der Waals surface area contributed by atoms with Crippen LogP contribution in [0.5, 0.6) is 0 Å². The molecule has 7 nitrogen and oxygen atoms in total. The molecule has 0 saturated heterocycles. The van der Waals surface area contributed by atoms with Gasteiger partial charge in [0.25, 0.3) is 12.1 Å². The molecule has 0 saturated carbocycles. The van der Waals surface area contributed by atoms with E-state index in [1.807, 2.05) is 0 Å². The maximum absolute atomic E-state index is 12.6. The van der Waals surface area contributed by atoms with E-state index in [-0.39, 0.29) is 5.69 Å². The summed E-state index contributed by atoms with van der Waals surface area (Å²) in [7, 11) is 1.08. The van der Waals surface area contributed by atoms with Crippen LogP contribution in [-0.2, 0) is 16.0 Å². The molecular formula is C10H7F2N3O4. The number of hydrogen-bond donors (Lipinski definition) is 0. The van der Waals surface area contributed by atoms with E-state index in [2.05, 4.69) is 9.72 Å². The number of halogens is 2. The van der Waals surface area contributed by atoms with E-state index in [1.165, 1.54) is 6.07 Å². The van der Waals surface area contributed by atoms with Gasteiger partial charge >= 0.3 is 5.97 Å². The number of nitro groups is 1. The second-order valence-corrected chi connectivity index (χ2v) is 3.31. The van der Waals surface area contributed by atoms with Crippen molar-refractivity contribution < 1.29 is 23.2 Å². The van der Waals surface area contributed by atoms with Crippen LogP contribution < -0.4 is 0 Å². The lowest BCUT2D eigenvalue weighted by Gasteiger charge is -2.06. The van der Waals surface area contributed by atoms with Gasteiger partial charge in [-0.15, -0.1) is 0 Å². The van der Waals surface area contributed by atoms with Crippen LogP contribution in [0.2, 0.25) is 0 Å². The van der Waals surface area contributed by atoms with E-state index in [4.69, 9.17) is 5.26 Å². The van der Waals surface area contributed by atoms with Gasteiger partial charge in [-0.25, -0.2) is 8.78 Å². The van der Waals surface area contributed by atoms with Crippen LogP contribution in [-0.4, -0.2) is 23.0 Å². The van der Waals surface area contributed by atoms with Gasteiger partial charge in [-0.3, -0.25) is 19.9 Å². The zero-order valence-electron chi connectivity index (χ0n) is 9.59. The lowest BCUT2D eigenvalue weighted by Crippen LogP contribution is -2.11. The van der Waals surface area contributed by atoms with Gasteiger partial charge in [0.15, 0.2) is 5.56 Å². The summed E-state index contributed by atoms with van der Waals surface area (Å²) < 4.78 is 29.6. The first-order valence-corrected chi connectivity index (χ1v) is 4.83. The van der Waals surface area contributed by atoms with Crippen LogP contribution in [0.3, 0.4) is 0 Å². The van der Waals surface area contributed by atoms with Crippen LogP contribution in [0.1, 0.15) is 23.2 Å². The highest BCUT2D eigenvalue weighted by molar-refractivity contribution is 5.74. The minimum Gasteiger partial charge on any atom is -0.469 e. The molecule has 0 spiro atoms. The van der Waals surface area contributed by atoms with Crippen molar-refractivity contribution in [2.45, 2.75) is 12.8 Å². The Morgan fingerprint density at radius 1 is 1.68 bits per heavy atom. The van der Waals surface area contributed by atoms with Gasteiger partial charge < -0.3 is 4.74 Å². The molecule has 1 aromatic rings. The van der Waals surface area contributed by atoms with Gasteiger partial charge in [0.2, 0.25) is 0 Å². The molecule has 100 valence electrons. The van der Waals surface area contributed by atoms with E-state index < -0.39 is 40.6 Å². The summed E-state index contributed by atoms with van der Waals surface area (Å²) in [6.45, 7) is 0. The number of esters is 1. The second-order valence-electron chi connectivity index (χ2n) is 3.31. The molecule has 0 N–H and O–H groups in total. The van der Waals surface area contributed by atoms with Crippen molar-refractivity contribution in [1.82, 2.24) is 4.98 Å². The zero-order valence-corrected chi connectivity index (χ0v) is 9.59. The first-order chi connectivity index (χ1) is 8.92. The molecule has 0 unspecified atom stereocenters. The van der Waals surface area contributed by atoms with E-state index in [0.29, 0.717) is 6.20 Å². The predicted octanol–water partition coefficient (Wildman–Crippen LogP) is 1.51. The third-order valence-corrected chi connectivity index (χ3v) is 2.23. The first kappa shape index (κ1) is 14.4. The molecule has 0 amide bonds. The van der Waals surface area contributed by atoms with Gasteiger partial charge in [0.05, 0.1) is 24.1 Å². The number of nitrogens with zero attached hydrogens (tertiary/aromatic N) is 3. The topological polar surface area (TPSA) is 106 Å². The van der Waals surface area contributed by atoms with Crippen molar-refractivity contribution in [3.05, 3.63) is 33.1 Å². The van der Waals surface area contributed by atoms with Gasteiger partial charge in [0.1, 0.15) is 11.6 Å². The van der Waals surface area contributed by atoms with Crippen molar-refractivity contribution in [2.75, 3.05) is 7.11 Å². The van der Waals surface area contributed by atoms with Crippen LogP contribution in [0.15, 0.2) is 6.20 Å². The Kier molecular flexibility index (Phi) is 4.41. The van der Waals surface area contributed by atoms with Crippen LogP contribution >= 0.6 is 0 Å². The van der Waals surface area contributed by atoms with E-state index in [1.54, 1.807) is 0 Å². The molecule has 0 aromatic carbocycles. The standard InChI is InChI=1S/C10H7F2N3O4/c1-19-8(16)2-7-5(3-13)9(15(17)18)6(4-14-7)10(11)12/h4,10H,2H2,1H3. The van der Waals surface area contributed by atoms with E-state index in [0.717, 1.165) is 7.11 Å². The summed E-state index contributed by atoms with van der Waals surface area (Å²) in [5.41, 5.74) is -2.93. The molecular weight excluding hydrogens is 264 g/mol. The Balaban J connectivity index is 3.46. The fourth-order valence-corrected chi connectivity index (χ4v) is 1.37. The number of rotatable bonds is 4. The largest absolute Gasteiger partial charge is 0.469 e. The molecule has 19 heavy (non-hydrogen) atoms. The zero-order chi connectivity index (χ0) is 14.6. The van der Waals surface area contributed by atoms with Gasteiger partial charge in [-0.1, -0.05) is 0 Å². The fraction of sp³-hybridized carbons (Fsp3) is 0.300. The maximum Gasteiger partial charge on any atom is 0.311 e. The summed E-state index contributed by atoms with van der Waals surface area (Å²) in [6.07, 6.45) is -3.07. The molecule has 1 heterocycles. The summed E-state index contributed by atoms with van der Waals surface area (Å²) in [4.78, 5) is 24.2. The molecule has 0 aliphatic heterocycles. The summed E-state index contributed by atoms with van der Waals surface area (Å²) in [5.74, 6) is -0.789. The molecule has 0 bridgehead atoms. The van der Waals surface area contributed by atoms with Crippen molar-refractivity contribution in [3.63, 3.8) is 0 Å². The van der Waals surface area contributed by atoms with Crippen molar-refractivity contribution >= 4 is 11.7 Å². The van der Waals surface area contributed by atoms with Crippen LogP contribution in [0.4, 0.5) is 14.5 Å². The van der Waals surface area contributed by atoms with Crippen LogP contribution in [0.25, 0.3) is 0 Å². The Hall–Kier alpha value is -2.63. The Labute approximate surface area is 105 Å². The van der Waals surface area contributed by atoms with Crippen molar-refractivity contribution in [3.8, 4) is 6.07 Å². The molecule has 1 aromatic heterocycles. The minimum atomic E-state index is -3.15. The highest BCUT2D eigenvalue weighted by Gasteiger charge is 2.29. The van der Waals surface area contributed by atoms with Gasteiger partial charge in [-0.05, 0) is 0 Å². The summed E-state index contributed by atoms with van der Waals surface area (Å²) in [6, 6.07) is 1.42. The highest BCUT2D eigenvalue weighted by atomic mass is 19.3. The number of carbonyl (C=O) groups excluding carboxylic acids is 1. The molecule has 9 heteroatoms. The van der Waals surface area contributed by atoms with Crippen molar-refractivity contribution in [2.24, 2.45) is 0 Å². The van der Waals surface area contributed by atoms with Crippen LogP contribution in [0, 0.1) is 21.4 Å². The smallest absolute Gasteiger partial charge is 0.311 e. The Morgan fingerprint density at radius 3 is 2.74 bits per heavy atom. The summed E-state index contributed by atoms with van der Waals surface area (Å²) in [5, 5.41) is 19.6. The van der Waals surface area contributed by atoms with Gasteiger partial charge in [-0.2, -0.15) is 5.26 Å². The highest BCUT2D eigenvalue weighted by Crippen LogP contribution is 2.32. The number of methoxy groups -OCH3 is 1. The lowest BCUT2D eigenvalue weighted by atomic mass is 10.1. The first-order valence-electron chi connectivity index (χ1n) is 4.83. The number of alkyl halides is 2. The molecule has 0 fully saturated rings. The summed E-state index contributed by atoms with van der Waals surface area (Å²) >= 11 is 0. The average molecular weight is 271 g/mol. The monoisotopic (exact) mass is 271 g/mol. The Morgan fingerprint density at radius 2 is 2.32 bits per heavy atom. The second kappa shape index (κ2) is 5.81. The van der Waals surface area contributed by atoms with Crippen molar-refractivity contribution in [1.29, 1.82) is 5.26 Å². The molecule has 0 aliphatic rings. The minimum absolute atomic E-state index is 0.273. The number of ether oxygens (including phenoxy) is 1. The predicted molar refractivity (Wildman–Crippen MR) is 56.3 cm³/mol. The average Bonchev–Trinajstić information content (AvgIpc) is 2.37. The molecule has 0 aliphatic carbocycles. The number of carbonyl (C=O) groups is 1. The lowest BCUT2D eigenvalue weighted by molar-refractivity contribution is -0.386. The van der Waals surface area contributed by atoms with E-state index >= 15 is 0 Å². The number of aromatic nitrogens is 1. The van der Waals surface area contributed by atoms with E-state index in [9.17, 15) is 23.7 Å². The number of pyridine rings is 1.